The summed E-state index contributed by atoms with van der Waals surface area (Å²) in [5.41, 5.74) is 1.42. The van der Waals surface area contributed by atoms with E-state index in [-0.39, 0.29) is 5.91 Å². The summed E-state index contributed by atoms with van der Waals surface area (Å²) in [4.78, 5) is 16.1. The number of aromatic nitrogens is 1. The zero-order chi connectivity index (χ0) is 14.3. The molecule has 1 aromatic rings. The lowest BCUT2D eigenvalue weighted by Crippen LogP contribution is -2.30. The molecule has 0 saturated carbocycles. The Bertz CT molecular complexity index is 387. The summed E-state index contributed by atoms with van der Waals surface area (Å²) >= 11 is 0. The SMILES string of the molecule is CCCNc1ccc(C(=O)NCC(C)C(C)C)nc1. The zero-order valence-corrected chi connectivity index (χ0v) is 12.4. The van der Waals surface area contributed by atoms with Crippen molar-refractivity contribution in [2.45, 2.75) is 34.1 Å². The average Bonchev–Trinajstić information content (AvgIpc) is 2.42. The first-order valence-electron chi connectivity index (χ1n) is 7.02. The van der Waals surface area contributed by atoms with Gasteiger partial charge in [0.15, 0.2) is 0 Å². The van der Waals surface area contributed by atoms with E-state index in [1.165, 1.54) is 0 Å². The van der Waals surface area contributed by atoms with Gasteiger partial charge in [-0.2, -0.15) is 0 Å². The van der Waals surface area contributed by atoms with E-state index in [2.05, 4.69) is 43.3 Å². The maximum atomic E-state index is 11.9. The Labute approximate surface area is 116 Å². The van der Waals surface area contributed by atoms with Gasteiger partial charge in [-0.1, -0.05) is 27.7 Å². The van der Waals surface area contributed by atoms with Gasteiger partial charge in [0, 0.05) is 13.1 Å². The van der Waals surface area contributed by atoms with E-state index in [1.54, 1.807) is 12.3 Å². The molecule has 0 bridgehead atoms. The van der Waals surface area contributed by atoms with Crippen LogP contribution in [0, 0.1) is 11.8 Å². The van der Waals surface area contributed by atoms with Crippen molar-refractivity contribution in [1.29, 1.82) is 0 Å². The third-order valence-electron chi connectivity index (χ3n) is 3.30. The molecule has 0 aliphatic carbocycles. The molecule has 1 amide bonds. The van der Waals surface area contributed by atoms with Crippen molar-refractivity contribution in [1.82, 2.24) is 10.3 Å². The molecule has 0 aliphatic rings. The van der Waals surface area contributed by atoms with Crippen molar-refractivity contribution in [3.8, 4) is 0 Å². The lowest BCUT2D eigenvalue weighted by molar-refractivity contribution is 0.0940. The normalized spacial score (nSPS) is 12.3. The monoisotopic (exact) mass is 263 g/mol. The number of carbonyl (C=O) groups is 1. The van der Waals surface area contributed by atoms with Crippen LogP contribution >= 0.6 is 0 Å². The molecule has 0 radical (unpaired) electrons. The summed E-state index contributed by atoms with van der Waals surface area (Å²) in [5.74, 6) is 0.929. The number of amides is 1. The lowest BCUT2D eigenvalue weighted by Gasteiger charge is -2.15. The van der Waals surface area contributed by atoms with Crippen LogP contribution in [0.4, 0.5) is 5.69 Å². The van der Waals surface area contributed by atoms with Crippen LogP contribution in [0.1, 0.15) is 44.6 Å². The number of nitrogens with zero attached hydrogens (tertiary/aromatic N) is 1. The van der Waals surface area contributed by atoms with E-state index in [9.17, 15) is 4.79 Å². The molecule has 19 heavy (non-hydrogen) atoms. The molecule has 0 saturated heterocycles. The van der Waals surface area contributed by atoms with Gasteiger partial charge in [-0.05, 0) is 30.4 Å². The summed E-state index contributed by atoms with van der Waals surface area (Å²) in [6.45, 7) is 10.2. The van der Waals surface area contributed by atoms with Gasteiger partial charge >= 0.3 is 0 Å². The Balaban J connectivity index is 2.48. The molecular formula is C15H25N3O. The first-order chi connectivity index (χ1) is 9.04. The van der Waals surface area contributed by atoms with Gasteiger partial charge in [0.05, 0.1) is 11.9 Å². The predicted molar refractivity (Wildman–Crippen MR) is 79.4 cm³/mol. The Morgan fingerprint density at radius 1 is 1.32 bits per heavy atom. The second-order valence-electron chi connectivity index (χ2n) is 5.29. The van der Waals surface area contributed by atoms with E-state index in [0.717, 1.165) is 18.7 Å². The molecule has 1 rings (SSSR count). The van der Waals surface area contributed by atoms with Gasteiger partial charge < -0.3 is 10.6 Å². The Hall–Kier alpha value is -1.58. The zero-order valence-electron chi connectivity index (χ0n) is 12.4. The van der Waals surface area contributed by atoms with Crippen LogP contribution in [0.5, 0.6) is 0 Å². The van der Waals surface area contributed by atoms with Crippen LogP contribution in [0.2, 0.25) is 0 Å². The van der Waals surface area contributed by atoms with Gasteiger partial charge in [0.25, 0.3) is 5.91 Å². The number of pyridine rings is 1. The number of nitrogens with one attached hydrogen (secondary N) is 2. The van der Waals surface area contributed by atoms with Crippen molar-refractivity contribution in [3.63, 3.8) is 0 Å². The van der Waals surface area contributed by atoms with Gasteiger partial charge in [-0.3, -0.25) is 4.79 Å². The molecule has 0 fully saturated rings. The van der Waals surface area contributed by atoms with Crippen molar-refractivity contribution < 1.29 is 4.79 Å². The molecule has 2 N–H and O–H groups in total. The quantitative estimate of drug-likeness (QED) is 0.795. The smallest absolute Gasteiger partial charge is 0.269 e. The molecule has 1 atom stereocenters. The van der Waals surface area contributed by atoms with Crippen LogP contribution in [0.3, 0.4) is 0 Å². The minimum absolute atomic E-state index is 0.102. The largest absolute Gasteiger partial charge is 0.384 e. The van der Waals surface area contributed by atoms with Crippen LogP contribution in [-0.4, -0.2) is 24.0 Å². The highest BCUT2D eigenvalue weighted by molar-refractivity contribution is 5.92. The van der Waals surface area contributed by atoms with E-state index in [1.807, 2.05) is 6.07 Å². The first kappa shape index (κ1) is 15.5. The molecule has 0 aromatic carbocycles. The molecule has 4 heteroatoms. The van der Waals surface area contributed by atoms with Gasteiger partial charge in [0.1, 0.15) is 5.69 Å². The number of hydrogen-bond donors (Lipinski definition) is 2. The fourth-order valence-electron chi connectivity index (χ4n) is 1.48. The minimum Gasteiger partial charge on any atom is -0.384 e. The highest BCUT2D eigenvalue weighted by Crippen LogP contribution is 2.09. The predicted octanol–water partition coefficient (Wildman–Crippen LogP) is 2.93. The van der Waals surface area contributed by atoms with Gasteiger partial charge in [-0.25, -0.2) is 4.98 Å². The fraction of sp³-hybridized carbons (Fsp3) is 0.600. The number of rotatable bonds is 7. The topological polar surface area (TPSA) is 54.0 Å². The standard InChI is InChI=1S/C15H25N3O/c1-5-8-16-13-6-7-14(17-10-13)15(19)18-9-12(4)11(2)3/h6-7,10-12,16H,5,8-9H2,1-4H3,(H,18,19). The first-order valence-corrected chi connectivity index (χ1v) is 7.02. The summed E-state index contributed by atoms with van der Waals surface area (Å²) in [6, 6.07) is 3.65. The van der Waals surface area contributed by atoms with Crippen molar-refractivity contribution in [3.05, 3.63) is 24.0 Å². The van der Waals surface area contributed by atoms with Crippen LogP contribution < -0.4 is 10.6 Å². The molecule has 0 spiro atoms. The van der Waals surface area contributed by atoms with Crippen molar-refractivity contribution >= 4 is 11.6 Å². The second-order valence-corrected chi connectivity index (χ2v) is 5.29. The van der Waals surface area contributed by atoms with E-state index < -0.39 is 0 Å². The number of anilines is 1. The van der Waals surface area contributed by atoms with Crippen LogP contribution in [0.25, 0.3) is 0 Å². The second kappa shape index (κ2) is 7.77. The number of carbonyl (C=O) groups excluding carboxylic acids is 1. The molecule has 0 aliphatic heterocycles. The Kier molecular flexibility index (Phi) is 6.33. The highest BCUT2D eigenvalue weighted by Gasteiger charge is 2.11. The Morgan fingerprint density at radius 3 is 2.58 bits per heavy atom. The Morgan fingerprint density at radius 2 is 2.05 bits per heavy atom. The van der Waals surface area contributed by atoms with Crippen molar-refractivity contribution in [2.75, 3.05) is 18.4 Å². The summed E-state index contributed by atoms with van der Waals surface area (Å²) < 4.78 is 0. The summed E-state index contributed by atoms with van der Waals surface area (Å²) in [6.07, 6.45) is 2.77. The maximum Gasteiger partial charge on any atom is 0.269 e. The molecule has 1 aromatic heterocycles. The lowest BCUT2D eigenvalue weighted by atomic mass is 9.98. The van der Waals surface area contributed by atoms with Crippen LogP contribution in [0.15, 0.2) is 18.3 Å². The highest BCUT2D eigenvalue weighted by atomic mass is 16.1. The van der Waals surface area contributed by atoms with E-state index in [0.29, 0.717) is 24.1 Å². The van der Waals surface area contributed by atoms with Crippen molar-refractivity contribution in [2.24, 2.45) is 11.8 Å². The maximum absolute atomic E-state index is 11.9. The fourth-order valence-corrected chi connectivity index (χ4v) is 1.48. The molecular weight excluding hydrogens is 238 g/mol. The average molecular weight is 263 g/mol. The third kappa shape index (κ3) is 5.28. The summed E-state index contributed by atoms with van der Waals surface area (Å²) in [5, 5.41) is 6.15. The molecule has 1 unspecified atom stereocenters. The van der Waals surface area contributed by atoms with Crippen LogP contribution in [-0.2, 0) is 0 Å². The van der Waals surface area contributed by atoms with E-state index in [4.69, 9.17) is 0 Å². The van der Waals surface area contributed by atoms with Gasteiger partial charge in [-0.15, -0.1) is 0 Å². The van der Waals surface area contributed by atoms with Gasteiger partial charge in [0.2, 0.25) is 0 Å². The van der Waals surface area contributed by atoms with E-state index >= 15 is 0 Å². The third-order valence-corrected chi connectivity index (χ3v) is 3.30. The minimum atomic E-state index is -0.102. The molecule has 1 heterocycles. The summed E-state index contributed by atoms with van der Waals surface area (Å²) in [7, 11) is 0. The number of hydrogen-bond acceptors (Lipinski definition) is 3. The molecule has 106 valence electrons. The molecule has 4 nitrogen and oxygen atoms in total.